The highest BCUT2D eigenvalue weighted by molar-refractivity contribution is 5.37. The van der Waals surface area contributed by atoms with Crippen molar-refractivity contribution in [3.8, 4) is 0 Å². The number of nitrogens with zero attached hydrogens (tertiary/aromatic N) is 1. The van der Waals surface area contributed by atoms with Gasteiger partial charge < -0.3 is 34.6 Å². The molecule has 5 aliphatic carbocycles. The monoisotopic (exact) mass is 467 g/mol. The summed E-state index contributed by atoms with van der Waals surface area (Å²) in [6, 6.07) is -0.452. The van der Waals surface area contributed by atoms with Crippen molar-refractivity contribution in [3.05, 3.63) is 0 Å². The Hall–Kier alpha value is -0.320. The van der Waals surface area contributed by atoms with Crippen molar-refractivity contribution in [2.75, 3.05) is 41.0 Å². The predicted octanol–water partition coefficient (Wildman–Crippen LogP) is 0.00700. The number of fused-ring (bicyclic) bond motifs is 3. The number of piperidine rings is 1. The molecule has 0 aromatic rings. The molecule has 188 valence electrons. The number of hydrogen-bond donors (Lipinski definition) is 4. The quantitative estimate of drug-likeness (QED) is 0.447. The second-order valence-corrected chi connectivity index (χ2v) is 12.1. The Morgan fingerprint density at radius 1 is 1.03 bits per heavy atom. The highest BCUT2D eigenvalue weighted by Gasteiger charge is 2.87. The highest BCUT2D eigenvalue weighted by Crippen LogP contribution is 2.77. The number of ether oxygens (including phenoxy) is 3. The summed E-state index contributed by atoms with van der Waals surface area (Å²) in [7, 11) is 4.99. The third kappa shape index (κ3) is 2.32. The van der Waals surface area contributed by atoms with Gasteiger partial charge in [-0.3, -0.25) is 4.90 Å². The fourth-order valence-corrected chi connectivity index (χ4v) is 10.8. The van der Waals surface area contributed by atoms with E-state index in [0.717, 1.165) is 19.4 Å². The first kappa shape index (κ1) is 23.1. The molecule has 0 radical (unpaired) electrons. The zero-order chi connectivity index (χ0) is 23.6. The summed E-state index contributed by atoms with van der Waals surface area (Å²) in [5, 5.41) is 48.8. The first-order valence-electron chi connectivity index (χ1n) is 12.8. The lowest BCUT2D eigenvalue weighted by Crippen LogP contribution is -2.73. The zero-order valence-corrected chi connectivity index (χ0v) is 20.3. The first-order valence-corrected chi connectivity index (χ1v) is 12.8. The first-order chi connectivity index (χ1) is 15.7. The van der Waals surface area contributed by atoms with Crippen LogP contribution >= 0.6 is 0 Å². The normalized spacial score (nSPS) is 61.3. The standard InChI is InChI=1S/C25H41NO7/c1-5-26-11-22(12-31-2)7-6-17(27)24-15-8-13-16(32-3)10-23(29,9-14(15)18(13)28)25(30,21(24)26)20(33-4)19(22)24/h13-21,27-30H,5-12H2,1-4H3/t13-,14-,15-,16+,17+,18+,19-,20+,21+,22+,23-,24+,25-/m1/s1. The smallest absolute Gasteiger partial charge is 0.136 e. The zero-order valence-electron chi connectivity index (χ0n) is 20.3. The second kappa shape index (κ2) is 7.13. The number of aliphatic hydroxyl groups is 4. The van der Waals surface area contributed by atoms with Crippen LogP contribution in [0.15, 0.2) is 0 Å². The molecule has 33 heavy (non-hydrogen) atoms. The molecule has 6 fully saturated rings. The molecule has 5 saturated carbocycles. The van der Waals surface area contributed by atoms with Crippen LogP contribution in [0.5, 0.6) is 0 Å². The van der Waals surface area contributed by atoms with Gasteiger partial charge in [-0.1, -0.05) is 6.92 Å². The molecule has 0 aromatic heterocycles. The Morgan fingerprint density at radius 3 is 2.42 bits per heavy atom. The minimum atomic E-state index is -1.59. The maximum absolute atomic E-state index is 12.9. The van der Waals surface area contributed by atoms with E-state index in [1.54, 1.807) is 21.3 Å². The van der Waals surface area contributed by atoms with Crippen molar-refractivity contribution in [2.24, 2.45) is 34.5 Å². The minimum absolute atomic E-state index is 0.0352. The second-order valence-electron chi connectivity index (χ2n) is 12.1. The van der Waals surface area contributed by atoms with E-state index < -0.39 is 41.0 Å². The number of methoxy groups -OCH3 is 3. The molecule has 1 heterocycles. The van der Waals surface area contributed by atoms with Crippen molar-refractivity contribution in [1.82, 2.24) is 4.90 Å². The molecular weight excluding hydrogens is 426 g/mol. The molecule has 0 aromatic carbocycles. The maximum Gasteiger partial charge on any atom is 0.136 e. The molecule has 6 rings (SSSR count). The molecule has 8 nitrogen and oxygen atoms in total. The Bertz CT molecular complexity index is 814. The molecule has 1 saturated heterocycles. The van der Waals surface area contributed by atoms with Gasteiger partial charge in [0.1, 0.15) is 11.2 Å². The number of rotatable bonds is 5. The summed E-state index contributed by atoms with van der Waals surface area (Å²) in [6.45, 7) is 4.06. The predicted molar refractivity (Wildman–Crippen MR) is 118 cm³/mol. The fraction of sp³-hybridized carbons (Fsp3) is 1.00. The summed E-state index contributed by atoms with van der Waals surface area (Å²) in [5.41, 5.74) is -4.06. The maximum atomic E-state index is 12.9. The van der Waals surface area contributed by atoms with Crippen LogP contribution in [0.25, 0.3) is 0 Å². The van der Waals surface area contributed by atoms with Gasteiger partial charge >= 0.3 is 0 Å². The summed E-state index contributed by atoms with van der Waals surface area (Å²) in [4.78, 5) is 2.30. The molecule has 0 unspecified atom stereocenters. The van der Waals surface area contributed by atoms with Gasteiger partial charge in [0.05, 0.1) is 37.1 Å². The largest absolute Gasteiger partial charge is 0.392 e. The van der Waals surface area contributed by atoms with Crippen molar-refractivity contribution in [1.29, 1.82) is 0 Å². The van der Waals surface area contributed by atoms with Gasteiger partial charge in [0, 0.05) is 57.0 Å². The minimum Gasteiger partial charge on any atom is -0.392 e. The van der Waals surface area contributed by atoms with Crippen LogP contribution in [0, 0.1) is 34.5 Å². The Balaban J connectivity index is 1.68. The van der Waals surface area contributed by atoms with Crippen molar-refractivity contribution in [2.45, 2.75) is 80.7 Å². The van der Waals surface area contributed by atoms with Gasteiger partial charge in [-0.05, 0) is 44.1 Å². The van der Waals surface area contributed by atoms with Crippen molar-refractivity contribution < 1.29 is 34.6 Å². The van der Waals surface area contributed by atoms with Gasteiger partial charge in [0.15, 0.2) is 0 Å². The molecule has 13 atom stereocenters. The number of aliphatic hydroxyl groups excluding tert-OH is 2. The molecule has 1 spiro atoms. The van der Waals surface area contributed by atoms with E-state index in [0.29, 0.717) is 26.0 Å². The summed E-state index contributed by atoms with van der Waals surface area (Å²) in [6.07, 6.45) is 0.475. The molecule has 1 aliphatic heterocycles. The van der Waals surface area contributed by atoms with Crippen LogP contribution in [0.3, 0.4) is 0 Å². The van der Waals surface area contributed by atoms with E-state index in [2.05, 4.69) is 11.8 Å². The Morgan fingerprint density at radius 2 is 1.79 bits per heavy atom. The van der Waals surface area contributed by atoms with Gasteiger partial charge in [0.25, 0.3) is 0 Å². The molecule has 4 N–H and O–H groups in total. The Labute approximate surface area is 196 Å². The lowest BCUT2D eigenvalue weighted by atomic mass is 9.46. The lowest BCUT2D eigenvalue weighted by Gasteiger charge is -2.65. The molecule has 8 bridgehead atoms. The average Bonchev–Trinajstić information content (AvgIpc) is 3.13. The van der Waals surface area contributed by atoms with E-state index >= 15 is 0 Å². The lowest BCUT2D eigenvalue weighted by molar-refractivity contribution is -0.235. The fourth-order valence-electron chi connectivity index (χ4n) is 10.8. The van der Waals surface area contributed by atoms with Gasteiger partial charge in [-0.2, -0.15) is 0 Å². The average molecular weight is 468 g/mol. The number of likely N-dealkylation sites (N-methyl/N-ethyl adjacent to an activating group) is 1. The molecular formula is C25H41NO7. The third-order valence-corrected chi connectivity index (χ3v) is 11.5. The summed E-state index contributed by atoms with van der Waals surface area (Å²) < 4.78 is 17.9. The van der Waals surface area contributed by atoms with Crippen molar-refractivity contribution >= 4 is 0 Å². The van der Waals surface area contributed by atoms with E-state index in [1.165, 1.54) is 0 Å². The van der Waals surface area contributed by atoms with Crippen LogP contribution in [0.4, 0.5) is 0 Å². The van der Waals surface area contributed by atoms with Crippen molar-refractivity contribution in [3.63, 3.8) is 0 Å². The van der Waals surface area contributed by atoms with Crippen LogP contribution in [-0.2, 0) is 14.2 Å². The highest BCUT2D eigenvalue weighted by atomic mass is 16.5. The van der Waals surface area contributed by atoms with E-state index in [4.69, 9.17) is 14.2 Å². The molecule has 6 aliphatic rings. The van der Waals surface area contributed by atoms with Crippen LogP contribution in [-0.4, -0.2) is 108 Å². The summed E-state index contributed by atoms with van der Waals surface area (Å²) in [5.74, 6) is -0.506. The van der Waals surface area contributed by atoms with E-state index in [1.807, 2.05) is 0 Å². The summed E-state index contributed by atoms with van der Waals surface area (Å²) >= 11 is 0. The third-order valence-electron chi connectivity index (χ3n) is 11.5. The van der Waals surface area contributed by atoms with Crippen LogP contribution < -0.4 is 0 Å². The SMILES string of the molecule is CCN1C[C@]2(COC)CC[C@H](O)[C@@]34[C@@H]5C[C@H]6[C@H](O)[C@@H]5C[C@@](O)(C[C@@H]6OC)[C@@](O)([C@@H](OC)[C@H]23)[C@@H]14. The molecule has 8 heteroatoms. The number of likely N-dealkylation sites (tertiary alicyclic amines) is 1. The van der Waals surface area contributed by atoms with Gasteiger partial charge in [0.2, 0.25) is 0 Å². The van der Waals surface area contributed by atoms with Crippen LogP contribution in [0.2, 0.25) is 0 Å². The topological polar surface area (TPSA) is 112 Å². The van der Waals surface area contributed by atoms with Gasteiger partial charge in [-0.25, -0.2) is 0 Å². The van der Waals surface area contributed by atoms with E-state index in [-0.39, 0.29) is 41.6 Å². The van der Waals surface area contributed by atoms with E-state index in [9.17, 15) is 20.4 Å². The molecule has 0 amide bonds. The Kier molecular flexibility index (Phi) is 4.99. The van der Waals surface area contributed by atoms with Crippen LogP contribution in [0.1, 0.15) is 39.0 Å². The van der Waals surface area contributed by atoms with Gasteiger partial charge in [-0.15, -0.1) is 0 Å². The number of hydrogen-bond acceptors (Lipinski definition) is 8.